The Balaban J connectivity index is 2.16. The summed E-state index contributed by atoms with van der Waals surface area (Å²) in [5.41, 5.74) is 1.06. The zero-order valence-electron chi connectivity index (χ0n) is 10.9. The van der Waals surface area contributed by atoms with Crippen LogP contribution < -0.4 is 15.4 Å². The molecule has 1 aromatic rings. The van der Waals surface area contributed by atoms with Crippen molar-refractivity contribution in [1.29, 1.82) is 0 Å². The molecule has 1 aliphatic heterocycles. The molecule has 5 nitrogen and oxygen atoms in total. The number of benzene rings is 1. The van der Waals surface area contributed by atoms with Crippen molar-refractivity contribution < 1.29 is 14.6 Å². The van der Waals surface area contributed by atoms with Gasteiger partial charge in [-0.3, -0.25) is 4.79 Å². The van der Waals surface area contributed by atoms with Crippen molar-refractivity contribution in [1.82, 2.24) is 0 Å². The number of halogens is 1. The number of hydrogen-bond donors (Lipinski definition) is 3. The van der Waals surface area contributed by atoms with Crippen molar-refractivity contribution in [3.05, 3.63) is 17.2 Å². The highest BCUT2D eigenvalue weighted by Gasteiger charge is 2.20. The molecule has 104 valence electrons. The summed E-state index contributed by atoms with van der Waals surface area (Å²) in [4.78, 5) is 11.2. The minimum Gasteiger partial charge on any atom is -0.482 e. The quantitative estimate of drug-likeness (QED) is 0.792. The number of aliphatic hydroxyl groups excluding tert-OH is 1. The van der Waals surface area contributed by atoms with Crippen LogP contribution in [0.2, 0.25) is 5.02 Å². The molecule has 0 aliphatic carbocycles. The number of carbonyl (C=O) groups excluding carboxylic acids is 1. The second-order valence-corrected chi connectivity index (χ2v) is 5.75. The lowest BCUT2D eigenvalue weighted by Crippen LogP contribution is -2.27. The predicted octanol–water partition coefficient (Wildman–Crippen LogP) is 2.10. The molecular weight excluding hydrogens is 268 g/mol. The van der Waals surface area contributed by atoms with E-state index >= 15 is 0 Å². The van der Waals surface area contributed by atoms with Crippen molar-refractivity contribution in [2.45, 2.75) is 13.8 Å². The van der Waals surface area contributed by atoms with E-state index in [4.69, 9.17) is 16.3 Å². The van der Waals surface area contributed by atoms with E-state index in [-0.39, 0.29) is 24.5 Å². The number of nitrogens with one attached hydrogen (secondary N) is 2. The molecule has 1 heterocycles. The molecule has 2 rings (SSSR count). The number of carbonyl (C=O) groups is 1. The molecule has 0 bridgehead atoms. The van der Waals surface area contributed by atoms with Crippen LogP contribution in [0.3, 0.4) is 0 Å². The lowest BCUT2D eigenvalue weighted by molar-refractivity contribution is -0.118. The average Bonchev–Trinajstić information content (AvgIpc) is 2.36. The Bertz CT molecular complexity index is 503. The fourth-order valence-electron chi connectivity index (χ4n) is 1.63. The first-order valence-corrected chi connectivity index (χ1v) is 6.40. The van der Waals surface area contributed by atoms with Gasteiger partial charge in [-0.1, -0.05) is 25.4 Å². The van der Waals surface area contributed by atoms with Crippen LogP contribution in [-0.2, 0) is 4.79 Å². The summed E-state index contributed by atoms with van der Waals surface area (Å²) in [6.07, 6.45) is 0. The molecule has 1 aromatic carbocycles. The Kier molecular flexibility index (Phi) is 3.87. The highest BCUT2D eigenvalue weighted by atomic mass is 35.5. The first-order valence-electron chi connectivity index (χ1n) is 6.02. The molecule has 6 heteroatoms. The summed E-state index contributed by atoms with van der Waals surface area (Å²) in [5, 5.41) is 15.6. The molecule has 0 spiro atoms. The summed E-state index contributed by atoms with van der Waals surface area (Å²) in [6, 6.07) is 3.41. The molecule has 3 N–H and O–H groups in total. The largest absolute Gasteiger partial charge is 0.482 e. The normalized spacial score (nSPS) is 14.4. The van der Waals surface area contributed by atoms with Crippen LogP contribution in [0.1, 0.15) is 13.8 Å². The second-order valence-electron chi connectivity index (χ2n) is 5.34. The number of aliphatic hydroxyl groups is 1. The summed E-state index contributed by atoms with van der Waals surface area (Å²) in [7, 11) is 0. The molecule has 0 fully saturated rings. The molecule has 0 radical (unpaired) electrons. The summed E-state index contributed by atoms with van der Waals surface area (Å²) < 4.78 is 5.33. The van der Waals surface area contributed by atoms with Gasteiger partial charge in [0.05, 0.1) is 16.4 Å². The third-order valence-corrected chi connectivity index (χ3v) is 3.20. The smallest absolute Gasteiger partial charge is 0.262 e. The van der Waals surface area contributed by atoms with Crippen LogP contribution in [0, 0.1) is 5.41 Å². The van der Waals surface area contributed by atoms with Gasteiger partial charge in [0.1, 0.15) is 5.75 Å². The first-order chi connectivity index (χ1) is 8.91. The standard InChI is InChI=1S/C13H17ClN2O3/c1-13(2,7-17)6-15-9-4-11-10(3-8(9)14)16-12(18)5-19-11/h3-4,15,17H,5-7H2,1-2H3,(H,16,18). The van der Waals surface area contributed by atoms with Gasteiger partial charge in [0.25, 0.3) is 5.91 Å². The van der Waals surface area contributed by atoms with Gasteiger partial charge in [0.15, 0.2) is 6.61 Å². The predicted molar refractivity (Wildman–Crippen MR) is 74.9 cm³/mol. The maximum atomic E-state index is 11.2. The SMILES string of the molecule is CC(C)(CO)CNc1cc2c(cc1Cl)NC(=O)CO2. The minimum atomic E-state index is -0.242. The van der Waals surface area contributed by atoms with E-state index in [1.165, 1.54) is 0 Å². The third-order valence-electron chi connectivity index (χ3n) is 2.89. The Labute approximate surface area is 116 Å². The number of ether oxygens (including phenoxy) is 1. The third kappa shape index (κ3) is 3.30. The van der Waals surface area contributed by atoms with Crippen LogP contribution in [0.25, 0.3) is 0 Å². The van der Waals surface area contributed by atoms with Gasteiger partial charge in [-0.2, -0.15) is 0 Å². The van der Waals surface area contributed by atoms with E-state index in [1.807, 2.05) is 13.8 Å². The van der Waals surface area contributed by atoms with Crippen LogP contribution >= 0.6 is 11.6 Å². The topological polar surface area (TPSA) is 70.6 Å². The molecular formula is C13H17ClN2O3. The van der Waals surface area contributed by atoms with Crippen LogP contribution in [0.4, 0.5) is 11.4 Å². The number of fused-ring (bicyclic) bond motifs is 1. The number of rotatable bonds is 4. The summed E-state index contributed by atoms with van der Waals surface area (Å²) >= 11 is 6.15. The van der Waals surface area contributed by atoms with E-state index in [0.717, 1.165) is 5.69 Å². The molecule has 1 aliphatic rings. The van der Waals surface area contributed by atoms with Gasteiger partial charge in [-0.25, -0.2) is 0 Å². The van der Waals surface area contributed by atoms with Crippen molar-refractivity contribution in [2.75, 3.05) is 30.4 Å². The first kappa shape index (κ1) is 14.0. The molecule has 0 atom stereocenters. The van der Waals surface area contributed by atoms with Crippen LogP contribution in [0.15, 0.2) is 12.1 Å². The number of amides is 1. The van der Waals surface area contributed by atoms with Crippen molar-refractivity contribution in [3.63, 3.8) is 0 Å². The summed E-state index contributed by atoms with van der Waals surface area (Å²) in [5.74, 6) is 0.402. The van der Waals surface area contributed by atoms with Gasteiger partial charge in [-0.15, -0.1) is 0 Å². The van der Waals surface area contributed by atoms with Crippen LogP contribution in [0.5, 0.6) is 5.75 Å². The Morgan fingerprint density at radius 3 is 2.95 bits per heavy atom. The molecule has 0 saturated heterocycles. The Morgan fingerprint density at radius 2 is 2.26 bits per heavy atom. The van der Waals surface area contributed by atoms with Crippen LogP contribution in [-0.4, -0.2) is 30.8 Å². The van der Waals surface area contributed by atoms with E-state index in [9.17, 15) is 9.90 Å². The number of anilines is 2. The average molecular weight is 285 g/mol. The highest BCUT2D eigenvalue weighted by Crippen LogP contribution is 2.36. The van der Waals surface area contributed by atoms with Crippen molar-refractivity contribution in [3.8, 4) is 5.75 Å². The molecule has 19 heavy (non-hydrogen) atoms. The summed E-state index contributed by atoms with van der Waals surface area (Å²) in [6.45, 7) is 4.56. The fourth-order valence-corrected chi connectivity index (χ4v) is 1.86. The van der Waals surface area contributed by atoms with Crippen molar-refractivity contribution in [2.24, 2.45) is 5.41 Å². The van der Waals surface area contributed by atoms with Gasteiger partial charge in [0.2, 0.25) is 0 Å². The van der Waals surface area contributed by atoms with Gasteiger partial charge < -0.3 is 20.5 Å². The van der Waals surface area contributed by atoms with Gasteiger partial charge in [-0.05, 0) is 6.07 Å². The maximum Gasteiger partial charge on any atom is 0.262 e. The van der Waals surface area contributed by atoms with E-state index < -0.39 is 0 Å². The van der Waals surface area contributed by atoms with Gasteiger partial charge in [0, 0.05) is 24.6 Å². The lowest BCUT2D eigenvalue weighted by Gasteiger charge is -2.24. The zero-order valence-corrected chi connectivity index (χ0v) is 11.7. The van der Waals surface area contributed by atoms with Gasteiger partial charge >= 0.3 is 0 Å². The van der Waals surface area contributed by atoms with E-state index in [0.29, 0.717) is 23.0 Å². The van der Waals surface area contributed by atoms with E-state index in [2.05, 4.69) is 10.6 Å². The minimum absolute atomic E-state index is 0.0101. The molecule has 0 aromatic heterocycles. The second kappa shape index (κ2) is 5.27. The Hall–Kier alpha value is -1.46. The Morgan fingerprint density at radius 1 is 1.53 bits per heavy atom. The molecule has 1 amide bonds. The monoisotopic (exact) mass is 284 g/mol. The zero-order chi connectivity index (χ0) is 14.0. The molecule has 0 saturated carbocycles. The lowest BCUT2D eigenvalue weighted by atomic mass is 9.95. The van der Waals surface area contributed by atoms with E-state index in [1.54, 1.807) is 12.1 Å². The number of hydrogen-bond acceptors (Lipinski definition) is 4. The maximum absolute atomic E-state index is 11.2. The fraction of sp³-hybridized carbons (Fsp3) is 0.462. The van der Waals surface area contributed by atoms with Crippen molar-refractivity contribution >= 4 is 28.9 Å². The highest BCUT2D eigenvalue weighted by molar-refractivity contribution is 6.33. The molecule has 0 unspecified atom stereocenters.